The summed E-state index contributed by atoms with van der Waals surface area (Å²) in [4.78, 5) is 0. The maximum Gasteiger partial charge on any atom is 0.261 e. The molecule has 0 saturated heterocycles. The van der Waals surface area contributed by atoms with Gasteiger partial charge in [-0.3, -0.25) is 0 Å². The first-order valence-corrected chi connectivity index (χ1v) is 6.78. The number of alkyl halides is 2. The Bertz CT molecular complexity index is 540. The molecule has 1 aromatic heterocycles. The number of ether oxygens (including phenoxy) is 1. The average molecular weight is 283 g/mol. The Labute approximate surface area is 116 Å². The molecule has 5 heteroatoms. The fourth-order valence-electron chi connectivity index (χ4n) is 2.08. The third kappa shape index (κ3) is 3.77. The Morgan fingerprint density at radius 2 is 2.10 bits per heavy atom. The van der Waals surface area contributed by atoms with Crippen LogP contribution >= 0.6 is 0 Å². The van der Waals surface area contributed by atoms with E-state index < -0.39 is 13.0 Å². The van der Waals surface area contributed by atoms with Crippen LogP contribution in [0.15, 0.2) is 28.7 Å². The van der Waals surface area contributed by atoms with Gasteiger partial charge in [-0.2, -0.15) is 0 Å². The van der Waals surface area contributed by atoms with Gasteiger partial charge in [-0.05, 0) is 19.0 Å². The molecule has 0 aliphatic carbocycles. The van der Waals surface area contributed by atoms with Crippen molar-refractivity contribution in [3.63, 3.8) is 0 Å². The van der Waals surface area contributed by atoms with Crippen LogP contribution in [0.3, 0.4) is 0 Å². The van der Waals surface area contributed by atoms with Crippen molar-refractivity contribution >= 4 is 11.0 Å². The first-order valence-electron chi connectivity index (χ1n) is 6.78. The molecule has 3 nitrogen and oxygen atoms in total. The zero-order chi connectivity index (χ0) is 14.4. The zero-order valence-electron chi connectivity index (χ0n) is 11.5. The lowest BCUT2D eigenvalue weighted by Crippen LogP contribution is -2.14. The number of rotatable bonds is 8. The van der Waals surface area contributed by atoms with E-state index in [1.165, 1.54) is 0 Å². The number of para-hydroxylation sites is 1. The number of hydrogen-bond acceptors (Lipinski definition) is 3. The average Bonchev–Trinajstić information content (AvgIpc) is 2.77. The second-order valence-electron chi connectivity index (χ2n) is 4.58. The van der Waals surface area contributed by atoms with Crippen molar-refractivity contribution in [1.82, 2.24) is 5.32 Å². The summed E-state index contributed by atoms with van der Waals surface area (Å²) in [7, 11) is 0. The van der Waals surface area contributed by atoms with E-state index in [0.717, 1.165) is 35.3 Å². The lowest BCUT2D eigenvalue weighted by atomic mass is 10.1. The highest BCUT2D eigenvalue weighted by molar-refractivity contribution is 5.82. The number of halogens is 2. The third-order valence-corrected chi connectivity index (χ3v) is 2.98. The maximum absolute atomic E-state index is 12.2. The smallest absolute Gasteiger partial charge is 0.261 e. The van der Waals surface area contributed by atoms with E-state index in [9.17, 15) is 8.78 Å². The van der Waals surface area contributed by atoms with Gasteiger partial charge in [0.25, 0.3) is 6.43 Å². The highest BCUT2D eigenvalue weighted by atomic mass is 19.3. The molecule has 0 aliphatic heterocycles. The van der Waals surface area contributed by atoms with Crippen LogP contribution in [-0.2, 0) is 17.9 Å². The summed E-state index contributed by atoms with van der Waals surface area (Å²) in [5.41, 5.74) is 1.61. The minimum atomic E-state index is -2.45. The molecule has 1 aromatic carbocycles. The van der Waals surface area contributed by atoms with Crippen LogP contribution in [0.25, 0.3) is 11.0 Å². The van der Waals surface area contributed by atoms with Gasteiger partial charge in [0.2, 0.25) is 0 Å². The second-order valence-corrected chi connectivity index (χ2v) is 4.58. The predicted molar refractivity (Wildman–Crippen MR) is 73.9 cm³/mol. The highest BCUT2D eigenvalue weighted by Gasteiger charge is 2.14. The van der Waals surface area contributed by atoms with Crippen molar-refractivity contribution < 1.29 is 17.9 Å². The summed E-state index contributed by atoms with van der Waals surface area (Å²) in [5.74, 6) is 0.758. The number of hydrogen-bond donors (Lipinski definition) is 1. The van der Waals surface area contributed by atoms with Crippen molar-refractivity contribution in [1.29, 1.82) is 0 Å². The molecule has 0 saturated carbocycles. The molecule has 0 bridgehead atoms. The molecule has 1 N–H and O–H groups in total. The molecular formula is C15H19F2NO2. The lowest BCUT2D eigenvalue weighted by molar-refractivity contribution is 0.00972. The third-order valence-electron chi connectivity index (χ3n) is 2.98. The molecule has 0 atom stereocenters. The molecule has 0 spiro atoms. The van der Waals surface area contributed by atoms with E-state index in [-0.39, 0.29) is 6.61 Å². The van der Waals surface area contributed by atoms with Crippen LogP contribution in [0.1, 0.15) is 24.7 Å². The molecule has 110 valence electrons. The van der Waals surface area contributed by atoms with Crippen molar-refractivity contribution in [2.24, 2.45) is 0 Å². The number of fused-ring (bicyclic) bond motifs is 1. The molecule has 2 aromatic rings. The highest BCUT2D eigenvalue weighted by Crippen LogP contribution is 2.26. The first-order chi connectivity index (χ1) is 9.72. The van der Waals surface area contributed by atoms with Crippen molar-refractivity contribution in [3.8, 4) is 0 Å². The monoisotopic (exact) mass is 283 g/mol. The van der Waals surface area contributed by atoms with Gasteiger partial charge in [-0.1, -0.05) is 25.1 Å². The molecular weight excluding hydrogens is 264 g/mol. The Kier molecular flexibility index (Phi) is 5.49. The predicted octanol–water partition coefficient (Wildman–Crippen LogP) is 3.71. The van der Waals surface area contributed by atoms with Gasteiger partial charge in [-0.25, -0.2) is 8.78 Å². The van der Waals surface area contributed by atoms with Crippen molar-refractivity contribution in [2.75, 3.05) is 13.2 Å². The van der Waals surface area contributed by atoms with E-state index in [0.29, 0.717) is 6.54 Å². The lowest BCUT2D eigenvalue weighted by Gasteiger charge is -2.06. The normalized spacial score (nSPS) is 11.6. The molecule has 0 aliphatic rings. The van der Waals surface area contributed by atoms with E-state index in [4.69, 9.17) is 9.15 Å². The van der Waals surface area contributed by atoms with Gasteiger partial charge in [0.1, 0.15) is 18.0 Å². The van der Waals surface area contributed by atoms with Gasteiger partial charge in [-0.15, -0.1) is 0 Å². The van der Waals surface area contributed by atoms with Crippen molar-refractivity contribution in [2.45, 2.75) is 32.9 Å². The van der Waals surface area contributed by atoms with Gasteiger partial charge >= 0.3 is 0 Å². The van der Waals surface area contributed by atoms with Crippen LogP contribution in [-0.4, -0.2) is 19.6 Å². The topological polar surface area (TPSA) is 34.4 Å². The van der Waals surface area contributed by atoms with E-state index in [1.54, 1.807) is 0 Å². The van der Waals surface area contributed by atoms with Gasteiger partial charge in [0.15, 0.2) is 0 Å². The first kappa shape index (κ1) is 14.9. The molecule has 2 rings (SSSR count). The quantitative estimate of drug-likeness (QED) is 0.750. The molecule has 0 radical (unpaired) electrons. The molecule has 1 heterocycles. The second kappa shape index (κ2) is 7.36. The van der Waals surface area contributed by atoms with Crippen LogP contribution in [0.2, 0.25) is 0 Å². The summed E-state index contributed by atoms with van der Waals surface area (Å²) in [6.45, 7) is 3.13. The minimum Gasteiger partial charge on any atom is -0.459 e. The summed E-state index contributed by atoms with van der Waals surface area (Å²) < 4.78 is 35.2. The van der Waals surface area contributed by atoms with E-state index >= 15 is 0 Å². The molecule has 0 fully saturated rings. The summed E-state index contributed by atoms with van der Waals surface area (Å²) in [6, 6.07) is 7.58. The Hall–Kier alpha value is -1.46. The van der Waals surface area contributed by atoms with Gasteiger partial charge in [0, 0.05) is 10.9 Å². The number of furan rings is 1. The van der Waals surface area contributed by atoms with E-state index in [1.807, 2.05) is 24.3 Å². The largest absolute Gasteiger partial charge is 0.459 e. The number of nitrogens with one attached hydrogen (secondary N) is 1. The SMILES string of the molecule is CCCNCc1oc2ccccc2c1COCC(F)F. The van der Waals surface area contributed by atoms with Crippen LogP contribution in [0.4, 0.5) is 8.78 Å². The molecule has 0 unspecified atom stereocenters. The number of benzene rings is 1. The van der Waals surface area contributed by atoms with E-state index in [2.05, 4.69) is 12.2 Å². The summed E-state index contributed by atoms with van der Waals surface area (Å²) in [6.07, 6.45) is -1.42. The Morgan fingerprint density at radius 1 is 1.30 bits per heavy atom. The van der Waals surface area contributed by atoms with Gasteiger partial charge in [0.05, 0.1) is 13.2 Å². The molecule has 0 amide bonds. The zero-order valence-corrected chi connectivity index (χ0v) is 11.5. The fraction of sp³-hybridized carbons (Fsp3) is 0.467. The van der Waals surface area contributed by atoms with Gasteiger partial charge < -0.3 is 14.5 Å². The van der Waals surface area contributed by atoms with Crippen molar-refractivity contribution in [3.05, 3.63) is 35.6 Å². The fourth-order valence-corrected chi connectivity index (χ4v) is 2.08. The minimum absolute atomic E-state index is 0.143. The molecule has 20 heavy (non-hydrogen) atoms. The standard InChI is InChI=1S/C15H19F2NO2/c1-2-7-18-8-14-12(9-19-10-15(16)17)11-5-3-4-6-13(11)20-14/h3-6,15,18H,2,7-10H2,1H3. The Morgan fingerprint density at radius 3 is 2.85 bits per heavy atom. The Balaban J connectivity index is 2.15. The van der Waals surface area contributed by atoms with Crippen LogP contribution < -0.4 is 5.32 Å². The summed E-state index contributed by atoms with van der Waals surface area (Å²) >= 11 is 0. The van der Waals surface area contributed by atoms with Crippen LogP contribution in [0.5, 0.6) is 0 Å². The maximum atomic E-state index is 12.2. The summed E-state index contributed by atoms with van der Waals surface area (Å²) in [5, 5.41) is 4.18. The van der Waals surface area contributed by atoms with Crippen LogP contribution in [0, 0.1) is 0 Å².